The second-order valence-corrected chi connectivity index (χ2v) is 8.94. The minimum atomic E-state index is 0.321. The Balaban J connectivity index is 1.06. The lowest BCUT2D eigenvalue weighted by molar-refractivity contribution is 0.174. The van der Waals surface area contributed by atoms with Crippen LogP contribution in [-0.2, 0) is 6.42 Å². The topological polar surface area (TPSA) is 62.5 Å². The molecule has 2 aliphatic rings. The van der Waals surface area contributed by atoms with Crippen LogP contribution in [0.3, 0.4) is 0 Å². The molecule has 4 heterocycles. The second kappa shape index (κ2) is 8.10. The standard InChI is InChI=1S/C26H29N3O3/c1-30-19-4-5-23-20(11-19)18(14-27-23)3-2-8-29-9-6-17(7-10-29)22-15-28-24-13-26-25(12-21(22)24)31-16-32-26/h4-5,11-15,17,27-28H,2-3,6-10,16H2,1H3. The van der Waals surface area contributed by atoms with Gasteiger partial charge in [-0.15, -0.1) is 0 Å². The Kier molecular flexibility index (Phi) is 4.95. The van der Waals surface area contributed by atoms with Crippen LogP contribution in [0, 0.1) is 0 Å². The van der Waals surface area contributed by atoms with Crippen LogP contribution in [0.15, 0.2) is 42.7 Å². The fourth-order valence-corrected chi connectivity index (χ4v) is 5.32. The van der Waals surface area contributed by atoms with Gasteiger partial charge in [0.1, 0.15) is 5.75 Å². The molecule has 2 aliphatic heterocycles. The normalized spacial score (nSPS) is 16.9. The number of hydrogen-bond donors (Lipinski definition) is 2. The lowest BCUT2D eigenvalue weighted by Gasteiger charge is -2.32. The van der Waals surface area contributed by atoms with Crippen molar-refractivity contribution in [3.05, 3.63) is 53.9 Å². The number of aryl methyl sites for hydroxylation is 1. The zero-order valence-corrected chi connectivity index (χ0v) is 18.4. The molecule has 32 heavy (non-hydrogen) atoms. The summed E-state index contributed by atoms with van der Waals surface area (Å²) in [5.74, 6) is 3.23. The molecule has 4 aromatic rings. The molecule has 0 spiro atoms. The van der Waals surface area contributed by atoms with Gasteiger partial charge >= 0.3 is 0 Å². The SMILES string of the molecule is COc1ccc2[nH]cc(CCCN3CCC(c4c[nH]c5cc6c(cc45)OCO6)CC3)c2c1. The predicted molar refractivity (Wildman–Crippen MR) is 126 cm³/mol. The van der Waals surface area contributed by atoms with Crippen molar-refractivity contribution in [3.8, 4) is 17.2 Å². The van der Waals surface area contributed by atoms with Crippen LogP contribution in [0.4, 0.5) is 0 Å². The van der Waals surface area contributed by atoms with Crippen LogP contribution in [0.2, 0.25) is 0 Å². The minimum Gasteiger partial charge on any atom is -0.497 e. The molecule has 0 atom stereocenters. The molecule has 166 valence electrons. The molecule has 0 bridgehead atoms. The average molecular weight is 432 g/mol. The van der Waals surface area contributed by atoms with Crippen LogP contribution in [0.5, 0.6) is 17.2 Å². The molecular formula is C26H29N3O3. The van der Waals surface area contributed by atoms with Gasteiger partial charge < -0.3 is 29.1 Å². The number of H-pyrrole nitrogens is 2. The van der Waals surface area contributed by atoms with E-state index in [1.807, 2.05) is 6.07 Å². The molecule has 2 N–H and O–H groups in total. The molecule has 0 unspecified atom stereocenters. The smallest absolute Gasteiger partial charge is 0.231 e. The summed E-state index contributed by atoms with van der Waals surface area (Å²) < 4.78 is 16.5. The minimum absolute atomic E-state index is 0.321. The van der Waals surface area contributed by atoms with E-state index in [1.165, 1.54) is 46.7 Å². The largest absolute Gasteiger partial charge is 0.497 e. The summed E-state index contributed by atoms with van der Waals surface area (Å²) in [7, 11) is 1.72. The summed E-state index contributed by atoms with van der Waals surface area (Å²) in [6, 6.07) is 10.5. The van der Waals surface area contributed by atoms with Gasteiger partial charge in [0.05, 0.1) is 7.11 Å². The van der Waals surface area contributed by atoms with Crippen LogP contribution in [0.1, 0.15) is 36.3 Å². The highest BCUT2D eigenvalue weighted by Crippen LogP contribution is 2.40. The fourth-order valence-electron chi connectivity index (χ4n) is 5.32. The van der Waals surface area contributed by atoms with Gasteiger partial charge in [-0.05, 0) is 86.6 Å². The third-order valence-corrected chi connectivity index (χ3v) is 7.13. The molecule has 6 rings (SSSR count). The fraction of sp³-hybridized carbons (Fsp3) is 0.385. The van der Waals surface area contributed by atoms with E-state index in [0.717, 1.165) is 48.8 Å². The maximum atomic E-state index is 5.60. The third-order valence-electron chi connectivity index (χ3n) is 7.13. The molecule has 1 fully saturated rings. The quantitative estimate of drug-likeness (QED) is 0.441. The van der Waals surface area contributed by atoms with Crippen LogP contribution >= 0.6 is 0 Å². The number of benzene rings is 2. The van der Waals surface area contributed by atoms with Gasteiger partial charge in [0.2, 0.25) is 6.79 Å². The number of nitrogens with zero attached hydrogens (tertiary/aromatic N) is 1. The molecule has 2 aromatic carbocycles. The van der Waals surface area contributed by atoms with E-state index in [9.17, 15) is 0 Å². The molecule has 0 saturated carbocycles. The monoisotopic (exact) mass is 431 g/mol. The number of aromatic amines is 2. The first kappa shape index (κ1) is 19.6. The molecule has 0 aliphatic carbocycles. The first-order valence-corrected chi connectivity index (χ1v) is 11.6. The van der Waals surface area contributed by atoms with E-state index in [0.29, 0.717) is 12.7 Å². The number of piperidine rings is 1. The summed E-state index contributed by atoms with van der Waals surface area (Å²) in [6.45, 7) is 3.78. The summed E-state index contributed by atoms with van der Waals surface area (Å²) >= 11 is 0. The van der Waals surface area contributed by atoms with E-state index in [4.69, 9.17) is 14.2 Å². The Morgan fingerprint density at radius 3 is 2.62 bits per heavy atom. The van der Waals surface area contributed by atoms with Gasteiger partial charge in [0, 0.05) is 40.3 Å². The lowest BCUT2D eigenvalue weighted by atomic mass is 9.89. The lowest BCUT2D eigenvalue weighted by Crippen LogP contribution is -2.33. The highest BCUT2D eigenvalue weighted by molar-refractivity contribution is 5.87. The van der Waals surface area contributed by atoms with E-state index < -0.39 is 0 Å². The van der Waals surface area contributed by atoms with Crippen molar-refractivity contribution in [3.63, 3.8) is 0 Å². The average Bonchev–Trinajstić information content (AvgIpc) is 3.56. The number of ether oxygens (including phenoxy) is 3. The number of rotatable bonds is 6. The summed E-state index contributed by atoms with van der Waals surface area (Å²) in [5.41, 5.74) is 5.13. The van der Waals surface area contributed by atoms with Gasteiger partial charge in [-0.1, -0.05) is 0 Å². The van der Waals surface area contributed by atoms with Crippen LogP contribution in [0.25, 0.3) is 21.8 Å². The van der Waals surface area contributed by atoms with Gasteiger partial charge in [-0.25, -0.2) is 0 Å². The Bertz CT molecular complexity index is 1250. The summed E-state index contributed by atoms with van der Waals surface area (Å²) in [6.07, 6.45) is 9.00. The van der Waals surface area contributed by atoms with E-state index in [1.54, 1.807) is 7.11 Å². The maximum Gasteiger partial charge on any atom is 0.231 e. The number of likely N-dealkylation sites (tertiary alicyclic amines) is 1. The Morgan fingerprint density at radius 1 is 0.969 bits per heavy atom. The predicted octanol–water partition coefficient (Wildman–Crippen LogP) is 5.20. The number of hydrogen-bond acceptors (Lipinski definition) is 4. The van der Waals surface area contributed by atoms with Crippen molar-refractivity contribution in [2.24, 2.45) is 0 Å². The second-order valence-electron chi connectivity index (χ2n) is 8.94. The van der Waals surface area contributed by atoms with E-state index in [2.05, 4.69) is 51.5 Å². The Hall–Kier alpha value is -3.12. The number of methoxy groups -OCH3 is 1. The Morgan fingerprint density at radius 2 is 1.78 bits per heavy atom. The number of nitrogens with one attached hydrogen (secondary N) is 2. The van der Waals surface area contributed by atoms with Crippen molar-refractivity contribution in [1.29, 1.82) is 0 Å². The maximum absolute atomic E-state index is 5.60. The highest BCUT2D eigenvalue weighted by atomic mass is 16.7. The van der Waals surface area contributed by atoms with Gasteiger partial charge in [-0.3, -0.25) is 0 Å². The molecule has 0 radical (unpaired) electrons. The van der Waals surface area contributed by atoms with Crippen molar-refractivity contribution in [2.75, 3.05) is 33.5 Å². The summed E-state index contributed by atoms with van der Waals surface area (Å²) in [4.78, 5) is 9.45. The van der Waals surface area contributed by atoms with Gasteiger partial charge in [0.15, 0.2) is 11.5 Å². The number of fused-ring (bicyclic) bond motifs is 3. The van der Waals surface area contributed by atoms with Crippen molar-refractivity contribution >= 4 is 21.8 Å². The van der Waals surface area contributed by atoms with Crippen molar-refractivity contribution < 1.29 is 14.2 Å². The van der Waals surface area contributed by atoms with Gasteiger partial charge in [0.25, 0.3) is 0 Å². The van der Waals surface area contributed by atoms with E-state index in [-0.39, 0.29) is 0 Å². The molecule has 6 heteroatoms. The van der Waals surface area contributed by atoms with Crippen LogP contribution in [-0.4, -0.2) is 48.4 Å². The first-order valence-electron chi connectivity index (χ1n) is 11.6. The molecule has 0 amide bonds. The molecular weight excluding hydrogens is 402 g/mol. The summed E-state index contributed by atoms with van der Waals surface area (Å²) in [5, 5.41) is 2.56. The molecule has 1 saturated heterocycles. The first-order chi connectivity index (χ1) is 15.8. The van der Waals surface area contributed by atoms with E-state index >= 15 is 0 Å². The van der Waals surface area contributed by atoms with Crippen LogP contribution < -0.4 is 14.2 Å². The highest BCUT2D eigenvalue weighted by Gasteiger charge is 2.24. The zero-order valence-electron chi connectivity index (χ0n) is 18.4. The molecule has 6 nitrogen and oxygen atoms in total. The zero-order chi connectivity index (χ0) is 21.5. The molecule has 2 aromatic heterocycles. The van der Waals surface area contributed by atoms with Crippen molar-refractivity contribution in [1.82, 2.24) is 14.9 Å². The third kappa shape index (κ3) is 3.48. The van der Waals surface area contributed by atoms with Crippen molar-refractivity contribution in [2.45, 2.75) is 31.6 Å². The Labute approximate surface area is 187 Å². The number of aromatic nitrogens is 2. The van der Waals surface area contributed by atoms with Gasteiger partial charge in [-0.2, -0.15) is 0 Å².